The van der Waals surface area contributed by atoms with E-state index in [-0.39, 0.29) is 0 Å². The monoisotopic (exact) mass is 195 g/mol. The van der Waals surface area contributed by atoms with Crippen LogP contribution < -0.4 is 5.32 Å². The quantitative estimate of drug-likeness (QED) is 0.730. The number of hydrogen-bond donors (Lipinski definition) is 1. The molecule has 1 N–H and O–H groups in total. The summed E-state index contributed by atoms with van der Waals surface area (Å²) in [4.78, 5) is 0. The Morgan fingerprint density at radius 2 is 1.93 bits per heavy atom. The van der Waals surface area contributed by atoms with Crippen molar-refractivity contribution in [3.63, 3.8) is 0 Å². The second-order valence-electron chi connectivity index (χ2n) is 6.09. The highest BCUT2D eigenvalue weighted by Crippen LogP contribution is 2.81. The summed E-state index contributed by atoms with van der Waals surface area (Å²) in [5, 5.41) is 3.52. The van der Waals surface area contributed by atoms with E-state index >= 15 is 0 Å². The average molecular weight is 195 g/mol. The molecule has 0 radical (unpaired) electrons. The smallest absolute Gasteiger partial charge is 0.000969 e. The van der Waals surface area contributed by atoms with Crippen molar-refractivity contribution in [1.29, 1.82) is 0 Å². The Balaban J connectivity index is 2.02. The third-order valence-corrected chi connectivity index (χ3v) is 5.53. The fraction of sp³-hybridized carbons (Fsp3) is 1.00. The predicted molar refractivity (Wildman–Crippen MR) is 61.2 cm³/mol. The van der Waals surface area contributed by atoms with Crippen LogP contribution in [-0.4, -0.2) is 13.1 Å². The molecule has 0 aliphatic heterocycles. The molecule has 4 atom stereocenters. The minimum Gasteiger partial charge on any atom is -0.317 e. The van der Waals surface area contributed by atoms with E-state index in [1.807, 2.05) is 0 Å². The van der Waals surface area contributed by atoms with Crippen LogP contribution in [0.4, 0.5) is 0 Å². The maximum Gasteiger partial charge on any atom is -0.000969 e. The summed E-state index contributed by atoms with van der Waals surface area (Å²) in [6.07, 6.45) is 1.47. The summed E-state index contributed by atoms with van der Waals surface area (Å²) >= 11 is 0. The highest BCUT2D eigenvalue weighted by Gasteiger charge is 2.76. The van der Waals surface area contributed by atoms with Crippen molar-refractivity contribution in [2.75, 3.05) is 13.1 Å². The molecule has 14 heavy (non-hydrogen) atoms. The van der Waals surface area contributed by atoms with E-state index < -0.39 is 0 Å². The van der Waals surface area contributed by atoms with Crippen molar-refractivity contribution in [3.05, 3.63) is 0 Å². The molecule has 2 saturated carbocycles. The molecule has 2 aliphatic rings. The largest absolute Gasteiger partial charge is 0.317 e. The van der Waals surface area contributed by atoms with Crippen molar-refractivity contribution in [3.8, 4) is 0 Å². The Hall–Kier alpha value is -0.0400. The molecule has 0 bridgehead atoms. The highest BCUT2D eigenvalue weighted by molar-refractivity contribution is 5.24. The predicted octanol–water partition coefficient (Wildman–Crippen LogP) is 2.91. The first-order valence-electron chi connectivity index (χ1n) is 6.19. The van der Waals surface area contributed by atoms with E-state index in [0.29, 0.717) is 10.8 Å². The lowest BCUT2D eigenvalue weighted by Gasteiger charge is -2.45. The van der Waals surface area contributed by atoms with Gasteiger partial charge in [0, 0.05) is 0 Å². The average Bonchev–Trinajstić information content (AvgIpc) is 2.62. The van der Waals surface area contributed by atoms with E-state index in [4.69, 9.17) is 0 Å². The zero-order chi connectivity index (χ0) is 10.6. The number of nitrogens with one attached hydrogen (secondary N) is 1. The van der Waals surface area contributed by atoms with Gasteiger partial charge in [0.1, 0.15) is 0 Å². The van der Waals surface area contributed by atoms with Gasteiger partial charge < -0.3 is 5.32 Å². The van der Waals surface area contributed by atoms with Crippen LogP contribution in [0.3, 0.4) is 0 Å². The number of rotatable bonds is 3. The van der Waals surface area contributed by atoms with Gasteiger partial charge >= 0.3 is 0 Å². The molecule has 82 valence electrons. The van der Waals surface area contributed by atoms with Gasteiger partial charge in [0.05, 0.1) is 0 Å². The minimum atomic E-state index is 0.598. The molecule has 0 saturated heterocycles. The molecule has 2 rings (SSSR count). The van der Waals surface area contributed by atoms with Gasteiger partial charge in [-0.1, -0.05) is 34.6 Å². The lowest BCUT2D eigenvalue weighted by atomic mass is 9.60. The van der Waals surface area contributed by atoms with Gasteiger partial charge in [-0.3, -0.25) is 0 Å². The van der Waals surface area contributed by atoms with Gasteiger partial charge in [-0.25, -0.2) is 0 Å². The van der Waals surface area contributed by atoms with E-state index in [9.17, 15) is 0 Å². The summed E-state index contributed by atoms with van der Waals surface area (Å²) in [5.74, 6) is 2.84. The zero-order valence-corrected chi connectivity index (χ0v) is 10.4. The lowest BCUT2D eigenvalue weighted by molar-refractivity contribution is 0.0359. The van der Waals surface area contributed by atoms with Crippen LogP contribution in [0.25, 0.3) is 0 Å². The van der Waals surface area contributed by atoms with E-state index in [1.54, 1.807) is 0 Å². The van der Waals surface area contributed by atoms with Crippen molar-refractivity contribution in [2.24, 2.45) is 28.6 Å². The molecule has 0 aromatic rings. The van der Waals surface area contributed by atoms with Crippen LogP contribution in [0.2, 0.25) is 0 Å². The first kappa shape index (κ1) is 10.5. The van der Waals surface area contributed by atoms with Gasteiger partial charge in [-0.15, -0.1) is 0 Å². The van der Waals surface area contributed by atoms with Crippen LogP contribution in [-0.2, 0) is 0 Å². The Morgan fingerprint density at radius 1 is 1.29 bits per heavy atom. The Kier molecular flexibility index (Phi) is 2.23. The minimum absolute atomic E-state index is 0.598. The summed E-state index contributed by atoms with van der Waals surface area (Å²) in [6.45, 7) is 14.4. The molecule has 1 heteroatoms. The molecular weight excluding hydrogens is 170 g/mol. The van der Waals surface area contributed by atoms with Crippen LogP contribution in [0.1, 0.15) is 41.0 Å². The summed E-state index contributed by atoms with van der Waals surface area (Å²) < 4.78 is 0. The third-order valence-electron chi connectivity index (χ3n) is 5.53. The second kappa shape index (κ2) is 2.98. The normalized spacial score (nSPS) is 49.1. The van der Waals surface area contributed by atoms with Crippen LogP contribution in [0, 0.1) is 28.6 Å². The first-order valence-corrected chi connectivity index (χ1v) is 6.19. The van der Waals surface area contributed by atoms with Gasteiger partial charge in [0.2, 0.25) is 0 Å². The maximum atomic E-state index is 3.52. The molecule has 0 aromatic heterocycles. The lowest BCUT2D eigenvalue weighted by Crippen LogP contribution is -2.39. The van der Waals surface area contributed by atoms with Gasteiger partial charge in [0.25, 0.3) is 0 Å². The summed E-state index contributed by atoms with van der Waals surface area (Å²) in [5.41, 5.74) is 1.30. The van der Waals surface area contributed by atoms with Crippen molar-refractivity contribution in [1.82, 2.24) is 5.32 Å². The standard InChI is InChI=1S/C13H25N/c1-6-14-8-11-12(4,5)13(11)7-9(2)10(13)3/h9-11,14H,6-8H2,1-5H3. The van der Waals surface area contributed by atoms with Gasteiger partial charge in [-0.05, 0) is 48.1 Å². The highest BCUT2D eigenvalue weighted by atomic mass is 14.9. The second-order valence-corrected chi connectivity index (χ2v) is 6.09. The molecule has 1 spiro atoms. The van der Waals surface area contributed by atoms with Crippen molar-refractivity contribution in [2.45, 2.75) is 41.0 Å². The van der Waals surface area contributed by atoms with Gasteiger partial charge in [-0.2, -0.15) is 0 Å². The van der Waals surface area contributed by atoms with E-state index in [0.717, 1.165) is 24.3 Å². The van der Waals surface area contributed by atoms with E-state index in [2.05, 4.69) is 39.9 Å². The zero-order valence-electron chi connectivity index (χ0n) is 10.4. The Morgan fingerprint density at radius 3 is 2.36 bits per heavy atom. The third kappa shape index (κ3) is 0.997. The van der Waals surface area contributed by atoms with Crippen LogP contribution in [0.15, 0.2) is 0 Å². The summed E-state index contributed by atoms with van der Waals surface area (Å²) in [7, 11) is 0. The SMILES string of the molecule is CCNCC1C(C)(C)C12CC(C)C2C. The molecule has 0 heterocycles. The number of hydrogen-bond acceptors (Lipinski definition) is 1. The van der Waals surface area contributed by atoms with E-state index in [1.165, 1.54) is 13.0 Å². The fourth-order valence-electron chi connectivity index (χ4n) is 4.28. The van der Waals surface area contributed by atoms with Crippen molar-refractivity contribution >= 4 is 0 Å². The molecule has 4 unspecified atom stereocenters. The van der Waals surface area contributed by atoms with Crippen molar-refractivity contribution < 1.29 is 0 Å². The molecule has 2 fully saturated rings. The maximum absolute atomic E-state index is 3.52. The molecule has 1 nitrogen and oxygen atoms in total. The molecular formula is C13H25N. The van der Waals surface area contributed by atoms with Gasteiger partial charge in [0.15, 0.2) is 0 Å². The topological polar surface area (TPSA) is 12.0 Å². The molecule has 0 aromatic carbocycles. The Labute approximate surface area is 88.7 Å². The summed E-state index contributed by atoms with van der Waals surface area (Å²) in [6, 6.07) is 0. The molecule has 0 amide bonds. The van der Waals surface area contributed by atoms with Crippen LogP contribution in [0.5, 0.6) is 0 Å². The fourth-order valence-corrected chi connectivity index (χ4v) is 4.28. The van der Waals surface area contributed by atoms with Crippen LogP contribution >= 0.6 is 0 Å². The molecule has 2 aliphatic carbocycles. The first-order chi connectivity index (χ1) is 6.48. The Bertz CT molecular complexity index is 233.